The summed E-state index contributed by atoms with van der Waals surface area (Å²) in [7, 11) is 0. The highest BCUT2D eigenvalue weighted by Crippen LogP contribution is 2.19. The molecule has 1 unspecified atom stereocenters. The summed E-state index contributed by atoms with van der Waals surface area (Å²) in [5, 5.41) is 4.72. The van der Waals surface area contributed by atoms with Crippen LogP contribution in [0.1, 0.15) is 31.9 Å². The van der Waals surface area contributed by atoms with E-state index in [2.05, 4.69) is 41.5 Å². The van der Waals surface area contributed by atoms with E-state index in [0.29, 0.717) is 6.61 Å². The van der Waals surface area contributed by atoms with Crippen molar-refractivity contribution in [2.75, 3.05) is 19.8 Å². The Morgan fingerprint density at radius 2 is 2.16 bits per heavy atom. The molecule has 0 amide bonds. The normalized spacial score (nSPS) is 12.7. The van der Waals surface area contributed by atoms with E-state index in [-0.39, 0.29) is 6.04 Å². The fourth-order valence-corrected chi connectivity index (χ4v) is 2.14. The fraction of sp³-hybridized carbons (Fsp3) is 0.438. The minimum Gasteiger partial charge on any atom is -0.380 e. The lowest BCUT2D eigenvalue weighted by molar-refractivity contribution is 0.123. The zero-order chi connectivity index (χ0) is 13.5. The Labute approximate surface area is 115 Å². The monoisotopic (exact) mass is 258 g/mol. The summed E-state index contributed by atoms with van der Waals surface area (Å²) in [6.07, 6.45) is 2.95. The van der Waals surface area contributed by atoms with Crippen LogP contribution >= 0.6 is 0 Å². The molecule has 0 aliphatic rings. The molecule has 0 bridgehead atoms. The number of nitrogens with one attached hydrogen (secondary N) is 1. The minimum absolute atomic E-state index is 0.254. The quantitative estimate of drug-likeness (QED) is 0.827. The summed E-state index contributed by atoms with van der Waals surface area (Å²) in [4.78, 5) is 4.35. The van der Waals surface area contributed by atoms with Crippen molar-refractivity contribution in [2.45, 2.75) is 26.3 Å². The molecular weight excluding hydrogens is 236 g/mol. The van der Waals surface area contributed by atoms with Crippen LogP contribution in [0.5, 0.6) is 0 Å². The van der Waals surface area contributed by atoms with Gasteiger partial charge in [0.05, 0.1) is 18.2 Å². The molecule has 102 valence electrons. The highest BCUT2D eigenvalue weighted by Gasteiger charge is 2.11. The molecule has 19 heavy (non-hydrogen) atoms. The molecule has 3 nitrogen and oxygen atoms in total. The van der Waals surface area contributed by atoms with Gasteiger partial charge >= 0.3 is 0 Å². The average Bonchev–Trinajstić information content (AvgIpc) is 2.47. The lowest BCUT2D eigenvalue weighted by Crippen LogP contribution is -2.26. The first-order valence-electron chi connectivity index (χ1n) is 7.01. The van der Waals surface area contributed by atoms with Crippen molar-refractivity contribution in [3.63, 3.8) is 0 Å². The van der Waals surface area contributed by atoms with Crippen LogP contribution in [0.4, 0.5) is 0 Å². The second-order valence-corrected chi connectivity index (χ2v) is 4.62. The fourth-order valence-electron chi connectivity index (χ4n) is 2.14. The van der Waals surface area contributed by atoms with Crippen LogP contribution < -0.4 is 5.32 Å². The maximum absolute atomic E-state index is 5.58. The van der Waals surface area contributed by atoms with Gasteiger partial charge in [-0.15, -0.1) is 0 Å². The molecule has 0 aliphatic carbocycles. The zero-order valence-corrected chi connectivity index (χ0v) is 11.7. The second-order valence-electron chi connectivity index (χ2n) is 4.62. The Kier molecular flexibility index (Phi) is 5.31. The Balaban J connectivity index is 2.21. The molecule has 0 radical (unpaired) electrons. The first-order valence-corrected chi connectivity index (χ1v) is 7.01. The van der Waals surface area contributed by atoms with Crippen LogP contribution in [0.3, 0.4) is 0 Å². The largest absolute Gasteiger partial charge is 0.380 e. The molecule has 0 fully saturated rings. The van der Waals surface area contributed by atoms with Crippen LogP contribution in [0.2, 0.25) is 0 Å². The number of hydrogen-bond acceptors (Lipinski definition) is 3. The van der Waals surface area contributed by atoms with Crippen molar-refractivity contribution < 1.29 is 4.74 Å². The molecule has 1 aromatic carbocycles. The van der Waals surface area contributed by atoms with Crippen LogP contribution in [0.15, 0.2) is 36.5 Å². The van der Waals surface area contributed by atoms with E-state index in [9.17, 15) is 0 Å². The van der Waals surface area contributed by atoms with Gasteiger partial charge in [0.15, 0.2) is 0 Å². The average molecular weight is 258 g/mol. The van der Waals surface area contributed by atoms with Gasteiger partial charge in [-0.3, -0.25) is 4.98 Å². The highest BCUT2D eigenvalue weighted by molar-refractivity contribution is 5.79. The molecule has 2 aromatic rings. The SMILES string of the molecule is CCCNC(COCC)c1ccc2ncccc2c1. The van der Waals surface area contributed by atoms with Gasteiger partial charge in [-0.05, 0) is 43.7 Å². The molecule has 1 aromatic heterocycles. The Bertz CT molecular complexity index is 505. The van der Waals surface area contributed by atoms with Gasteiger partial charge in [0.25, 0.3) is 0 Å². The van der Waals surface area contributed by atoms with E-state index < -0.39 is 0 Å². The molecule has 1 heterocycles. The van der Waals surface area contributed by atoms with Gasteiger partial charge < -0.3 is 10.1 Å². The van der Waals surface area contributed by atoms with Gasteiger partial charge in [-0.2, -0.15) is 0 Å². The molecule has 2 rings (SSSR count). The van der Waals surface area contributed by atoms with Gasteiger partial charge in [0.2, 0.25) is 0 Å². The summed E-state index contributed by atoms with van der Waals surface area (Å²) in [6, 6.07) is 10.8. The second kappa shape index (κ2) is 7.22. The minimum atomic E-state index is 0.254. The number of hydrogen-bond donors (Lipinski definition) is 1. The molecule has 0 saturated heterocycles. The molecule has 3 heteroatoms. The maximum Gasteiger partial charge on any atom is 0.0702 e. The van der Waals surface area contributed by atoms with Gasteiger partial charge in [-0.25, -0.2) is 0 Å². The molecule has 1 atom stereocenters. The van der Waals surface area contributed by atoms with Crippen LogP contribution in [0.25, 0.3) is 10.9 Å². The predicted octanol–water partition coefficient (Wildman–Crippen LogP) is 3.31. The highest BCUT2D eigenvalue weighted by atomic mass is 16.5. The van der Waals surface area contributed by atoms with Crippen molar-refractivity contribution in [3.8, 4) is 0 Å². The first kappa shape index (κ1) is 14.0. The summed E-state index contributed by atoms with van der Waals surface area (Å²) in [5.41, 5.74) is 2.30. The van der Waals surface area contributed by atoms with Crippen molar-refractivity contribution in [2.24, 2.45) is 0 Å². The number of rotatable bonds is 7. The van der Waals surface area contributed by atoms with Crippen LogP contribution in [0, 0.1) is 0 Å². The number of fused-ring (bicyclic) bond motifs is 1. The van der Waals surface area contributed by atoms with E-state index >= 15 is 0 Å². The van der Waals surface area contributed by atoms with E-state index in [4.69, 9.17) is 4.74 Å². The topological polar surface area (TPSA) is 34.1 Å². The number of nitrogens with zero attached hydrogens (tertiary/aromatic N) is 1. The Morgan fingerprint density at radius 1 is 1.26 bits per heavy atom. The number of aromatic nitrogens is 1. The van der Waals surface area contributed by atoms with E-state index in [0.717, 1.165) is 25.1 Å². The third-order valence-corrected chi connectivity index (χ3v) is 3.16. The molecule has 0 aliphatic heterocycles. The standard InChI is InChI=1S/C16H22N2O/c1-3-9-17-16(12-19-4-2)14-7-8-15-13(11-14)6-5-10-18-15/h5-8,10-11,16-17H,3-4,9,12H2,1-2H3. The lowest BCUT2D eigenvalue weighted by atomic mass is 10.0. The lowest BCUT2D eigenvalue weighted by Gasteiger charge is -2.19. The Morgan fingerprint density at radius 3 is 2.95 bits per heavy atom. The summed E-state index contributed by atoms with van der Waals surface area (Å²) < 4.78 is 5.58. The third-order valence-electron chi connectivity index (χ3n) is 3.16. The number of pyridine rings is 1. The molecular formula is C16H22N2O. The Hall–Kier alpha value is -1.45. The zero-order valence-electron chi connectivity index (χ0n) is 11.7. The van der Waals surface area contributed by atoms with Gasteiger partial charge in [0.1, 0.15) is 0 Å². The number of ether oxygens (including phenoxy) is 1. The van der Waals surface area contributed by atoms with Gasteiger partial charge in [0, 0.05) is 18.2 Å². The van der Waals surface area contributed by atoms with Crippen LogP contribution in [-0.4, -0.2) is 24.7 Å². The summed E-state index contributed by atoms with van der Waals surface area (Å²) >= 11 is 0. The van der Waals surface area contributed by atoms with E-state index in [1.165, 1.54) is 10.9 Å². The van der Waals surface area contributed by atoms with E-state index in [1.807, 2.05) is 19.2 Å². The van der Waals surface area contributed by atoms with Gasteiger partial charge in [-0.1, -0.05) is 19.1 Å². The predicted molar refractivity (Wildman–Crippen MR) is 79.3 cm³/mol. The van der Waals surface area contributed by atoms with Crippen molar-refractivity contribution >= 4 is 10.9 Å². The van der Waals surface area contributed by atoms with Crippen molar-refractivity contribution in [1.29, 1.82) is 0 Å². The summed E-state index contributed by atoms with van der Waals surface area (Å²) in [5.74, 6) is 0. The molecule has 0 saturated carbocycles. The summed E-state index contributed by atoms with van der Waals surface area (Å²) in [6.45, 7) is 6.67. The third kappa shape index (κ3) is 3.75. The smallest absolute Gasteiger partial charge is 0.0702 e. The van der Waals surface area contributed by atoms with E-state index in [1.54, 1.807) is 0 Å². The van der Waals surface area contributed by atoms with Crippen LogP contribution in [-0.2, 0) is 4.74 Å². The first-order chi connectivity index (χ1) is 9.35. The van der Waals surface area contributed by atoms with Crippen molar-refractivity contribution in [3.05, 3.63) is 42.1 Å². The molecule has 1 N–H and O–H groups in total. The maximum atomic E-state index is 5.58. The molecule has 0 spiro atoms. The number of benzene rings is 1. The van der Waals surface area contributed by atoms with Crippen molar-refractivity contribution in [1.82, 2.24) is 10.3 Å².